The first-order valence-corrected chi connectivity index (χ1v) is 6.62. The molecule has 0 spiro atoms. The lowest BCUT2D eigenvalue weighted by atomic mass is 10.1. The van der Waals surface area contributed by atoms with Gasteiger partial charge in [-0.2, -0.15) is 0 Å². The Balaban J connectivity index is 2.22. The lowest BCUT2D eigenvalue weighted by Crippen LogP contribution is -2.17. The van der Waals surface area contributed by atoms with E-state index in [0.717, 1.165) is 17.3 Å². The van der Waals surface area contributed by atoms with Crippen LogP contribution in [0.25, 0.3) is 0 Å². The van der Waals surface area contributed by atoms with Crippen LogP contribution in [0.1, 0.15) is 12.5 Å². The molecule has 0 radical (unpaired) electrons. The fraction of sp³-hybridized carbons (Fsp3) is 0.333. The van der Waals surface area contributed by atoms with Crippen molar-refractivity contribution in [1.29, 1.82) is 0 Å². The van der Waals surface area contributed by atoms with Gasteiger partial charge in [-0.05, 0) is 42.8 Å². The van der Waals surface area contributed by atoms with Crippen LogP contribution >= 0.6 is 11.8 Å². The van der Waals surface area contributed by atoms with Gasteiger partial charge in [0.15, 0.2) is 5.16 Å². The molecule has 2 rings (SSSR count). The van der Waals surface area contributed by atoms with Gasteiger partial charge in [0.05, 0.1) is 4.90 Å². The minimum Gasteiger partial charge on any atom is -0.328 e. The van der Waals surface area contributed by atoms with Crippen molar-refractivity contribution in [3.63, 3.8) is 0 Å². The van der Waals surface area contributed by atoms with E-state index in [-0.39, 0.29) is 17.5 Å². The second-order valence-corrected chi connectivity index (χ2v) is 5.43. The first-order valence-electron chi connectivity index (χ1n) is 5.80. The summed E-state index contributed by atoms with van der Waals surface area (Å²) in [4.78, 5) is 11.6. The number of nitrogens with two attached hydrogens (primary N) is 1. The lowest BCUT2D eigenvalue weighted by Gasteiger charge is -2.07. The van der Waals surface area contributed by atoms with Crippen LogP contribution in [0.2, 0.25) is 0 Å². The van der Waals surface area contributed by atoms with Gasteiger partial charge >= 0.3 is 5.69 Å². The van der Waals surface area contributed by atoms with Crippen LogP contribution in [0.15, 0.2) is 33.0 Å². The molecule has 1 atom stereocenters. The predicted octanol–water partition coefficient (Wildman–Crippen LogP) is 1.29. The number of H-pyrrole nitrogens is 1. The van der Waals surface area contributed by atoms with Crippen molar-refractivity contribution >= 4 is 11.8 Å². The monoisotopic (exact) mass is 282 g/mol. The molecule has 7 heteroatoms. The van der Waals surface area contributed by atoms with E-state index in [1.54, 1.807) is 13.1 Å². The number of aromatic nitrogens is 3. The number of hydrogen-bond donors (Lipinski definition) is 2. The van der Waals surface area contributed by atoms with Crippen molar-refractivity contribution in [1.82, 2.24) is 14.8 Å². The number of halogens is 1. The molecule has 5 nitrogen and oxygen atoms in total. The van der Waals surface area contributed by atoms with E-state index in [1.165, 1.54) is 10.6 Å². The fourth-order valence-corrected chi connectivity index (χ4v) is 2.45. The molecule has 0 amide bonds. The third-order valence-corrected chi connectivity index (χ3v) is 3.69. The van der Waals surface area contributed by atoms with Crippen molar-refractivity contribution in [2.75, 3.05) is 0 Å². The third kappa shape index (κ3) is 3.24. The Bertz CT molecular complexity index is 635. The Morgan fingerprint density at radius 3 is 2.84 bits per heavy atom. The Hall–Kier alpha value is -1.60. The summed E-state index contributed by atoms with van der Waals surface area (Å²) >= 11 is 1.10. The molecule has 0 aliphatic heterocycles. The number of hydrogen-bond acceptors (Lipinski definition) is 4. The SMILES string of the molecule is CC(N)Cc1ccc(Sc2n[nH]c(=O)n2C)c(F)c1. The van der Waals surface area contributed by atoms with Crippen LogP contribution in [0, 0.1) is 5.82 Å². The molecule has 19 heavy (non-hydrogen) atoms. The highest BCUT2D eigenvalue weighted by Crippen LogP contribution is 2.27. The van der Waals surface area contributed by atoms with Gasteiger partial charge in [0, 0.05) is 13.1 Å². The molecule has 0 saturated heterocycles. The molecule has 0 fully saturated rings. The summed E-state index contributed by atoms with van der Waals surface area (Å²) in [5.41, 5.74) is 6.21. The van der Waals surface area contributed by atoms with Gasteiger partial charge in [0.25, 0.3) is 0 Å². The summed E-state index contributed by atoms with van der Waals surface area (Å²) in [5.74, 6) is -0.335. The molecular weight excluding hydrogens is 267 g/mol. The van der Waals surface area contributed by atoms with Gasteiger partial charge in [-0.15, -0.1) is 5.10 Å². The summed E-state index contributed by atoms with van der Waals surface area (Å²) in [5, 5.41) is 6.56. The van der Waals surface area contributed by atoms with Gasteiger partial charge in [0.1, 0.15) is 5.82 Å². The van der Waals surface area contributed by atoms with Crippen LogP contribution < -0.4 is 11.4 Å². The minimum atomic E-state index is -0.335. The maximum atomic E-state index is 13.9. The van der Waals surface area contributed by atoms with E-state index in [2.05, 4.69) is 10.2 Å². The summed E-state index contributed by atoms with van der Waals surface area (Å²) in [6, 6.07) is 4.97. The van der Waals surface area contributed by atoms with E-state index in [4.69, 9.17) is 5.73 Å². The quantitative estimate of drug-likeness (QED) is 0.886. The van der Waals surface area contributed by atoms with E-state index in [1.807, 2.05) is 13.0 Å². The minimum absolute atomic E-state index is 0.00920. The third-order valence-electron chi connectivity index (χ3n) is 2.59. The Morgan fingerprint density at radius 1 is 1.58 bits per heavy atom. The maximum absolute atomic E-state index is 13.9. The molecule has 1 heterocycles. The van der Waals surface area contributed by atoms with E-state index in [0.29, 0.717) is 16.5 Å². The number of benzene rings is 1. The predicted molar refractivity (Wildman–Crippen MR) is 71.7 cm³/mol. The number of aromatic amines is 1. The van der Waals surface area contributed by atoms with Gasteiger partial charge in [-0.1, -0.05) is 6.07 Å². The Kier molecular flexibility index (Phi) is 4.06. The number of nitrogens with zero attached hydrogens (tertiary/aromatic N) is 2. The highest BCUT2D eigenvalue weighted by Gasteiger charge is 2.11. The normalized spacial score (nSPS) is 12.6. The summed E-state index contributed by atoms with van der Waals surface area (Å²) < 4.78 is 15.3. The highest BCUT2D eigenvalue weighted by molar-refractivity contribution is 7.99. The molecule has 0 bridgehead atoms. The van der Waals surface area contributed by atoms with Crippen LogP contribution in [0.3, 0.4) is 0 Å². The summed E-state index contributed by atoms with van der Waals surface area (Å²) in [6.45, 7) is 1.88. The van der Waals surface area contributed by atoms with Gasteiger partial charge in [-0.25, -0.2) is 14.3 Å². The molecule has 0 aliphatic carbocycles. The van der Waals surface area contributed by atoms with Crippen LogP contribution in [0.5, 0.6) is 0 Å². The second-order valence-electron chi connectivity index (χ2n) is 4.42. The first kappa shape index (κ1) is 13.8. The van der Waals surface area contributed by atoms with Crippen molar-refractivity contribution < 1.29 is 4.39 Å². The van der Waals surface area contributed by atoms with Gasteiger partial charge in [0.2, 0.25) is 0 Å². The molecule has 1 unspecified atom stereocenters. The van der Waals surface area contributed by atoms with Gasteiger partial charge in [-0.3, -0.25) is 4.57 Å². The first-order chi connectivity index (χ1) is 8.97. The summed E-state index contributed by atoms with van der Waals surface area (Å²) in [7, 11) is 1.58. The van der Waals surface area contributed by atoms with Crippen molar-refractivity contribution in [3.8, 4) is 0 Å². The average molecular weight is 282 g/mol. The molecule has 102 valence electrons. The van der Waals surface area contributed by atoms with E-state index in [9.17, 15) is 9.18 Å². The zero-order chi connectivity index (χ0) is 14.0. The lowest BCUT2D eigenvalue weighted by molar-refractivity contribution is 0.596. The molecule has 0 aliphatic rings. The summed E-state index contributed by atoms with van der Waals surface area (Å²) in [6.07, 6.45) is 0.628. The smallest absolute Gasteiger partial charge is 0.328 e. The number of nitrogens with one attached hydrogen (secondary N) is 1. The maximum Gasteiger partial charge on any atom is 0.343 e. The van der Waals surface area contributed by atoms with Crippen LogP contribution in [-0.4, -0.2) is 20.8 Å². The Labute approximate surface area is 114 Å². The zero-order valence-electron chi connectivity index (χ0n) is 10.7. The van der Waals surface area contributed by atoms with E-state index >= 15 is 0 Å². The highest BCUT2D eigenvalue weighted by atomic mass is 32.2. The number of rotatable bonds is 4. The largest absolute Gasteiger partial charge is 0.343 e. The Morgan fingerprint density at radius 2 is 2.32 bits per heavy atom. The van der Waals surface area contributed by atoms with Crippen LogP contribution in [-0.2, 0) is 13.5 Å². The zero-order valence-corrected chi connectivity index (χ0v) is 11.5. The van der Waals surface area contributed by atoms with Crippen molar-refractivity contribution in [3.05, 3.63) is 40.1 Å². The van der Waals surface area contributed by atoms with Crippen molar-refractivity contribution in [2.45, 2.75) is 29.4 Å². The molecule has 1 aromatic heterocycles. The molecule has 2 aromatic rings. The van der Waals surface area contributed by atoms with E-state index < -0.39 is 0 Å². The average Bonchev–Trinajstić information content (AvgIpc) is 2.64. The second kappa shape index (κ2) is 5.58. The molecular formula is C12H15FN4OS. The van der Waals surface area contributed by atoms with Gasteiger partial charge < -0.3 is 5.73 Å². The van der Waals surface area contributed by atoms with Crippen LogP contribution in [0.4, 0.5) is 4.39 Å². The fourth-order valence-electron chi connectivity index (χ4n) is 1.65. The van der Waals surface area contributed by atoms with Crippen molar-refractivity contribution in [2.24, 2.45) is 12.8 Å². The molecule has 3 N–H and O–H groups in total. The topological polar surface area (TPSA) is 76.7 Å². The standard InChI is InChI=1S/C12H15FN4OS/c1-7(14)5-8-3-4-10(9(13)6-8)19-12-16-15-11(18)17(12)2/h3-4,6-7H,5,14H2,1-2H3,(H,15,18). The molecule has 1 aromatic carbocycles. The molecule has 0 saturated carbocycles.